The molecule has 0 aliphatic carbocycles. The highest BCUT2D eigenvalue weighted by molar-refractivity contribution is 5.99. The van der Waals surface area contributed by atoms with Crippen LogP contribution in [0.15, 0.2) is 12.2 Å². The van der Waals surface area contributed by atoms with Crippen LogP contribution in [0, 0.1) is 0 Å². The van der Waals surface area contributed by atoms with Crippen LogP contribution >= 0.6 is 0 Å². The van der Waals surface area contributed by atoms with Gasteiger partial charge in [0.1, 0.15) is 5.78 Å². The molecule has 0 aromatic rings. The van der Waals surface area contributed by atoms with E-state index >= 15 is 0 Å². The van der Waals surface area contributed by atoms with Gasteiger partial charge in [0.15, 0.2) is 5.78 Å². The molecule has 12 heavy (non-hydrogen) atoms. The van der Waals surface area contributed by atoms with Gasteiger partial charge in [0.2, 0.25) is 0 Å². The molecule has 0 saturated heterocycles. The van der Waals surface area contributed by atoms with E-state index in [0.717, 1.165) is 12.8 Å². The lowest BCUT2D eigenvalue weighted by molar-refractivity contribution is -0.119. The Bertz CT molecular complexity index is 192. The number of unbranched alkanes of at least 4 members (excludes halogenated alkanes) is 1. The molecule has 0 amide bonds. The minimum Gasteiger partial charge on any atom is -0.300 e. The van der Waals surface area contributed by atoms with E-state index in [-0.39, 0.29) is 18.0 Å². The van der Waals surface area contributed by atoms with Crippen molar-refractivity contribution in [2.75, 3.05) is 0 Å². The van der Waals surface area contributed by atoms with E-state index in [1.807, 2.05) is 6.92 Å². The second kappa shape index (κ2) is 5.70. The van der Waals surface area contributed by atoms with Gasteiger partial charge in [-0.05, 0) is 18.9 Å². The molecular formula is C10H16O2. The molecule has 0 saturated carbocycles. The van der Waals surface area contributed by atoms with Gasteiger partial charge in [0.05, 0.1) is 0 Å². The monoisotopic (exact) mass is 168 g/mol. The van der Waals surface area contributed by atoms with Gasteiger partial charge in [-0.3, -0.25) is 9.59 Å². The van der Waals surface area contributed by atoms with Crippen molar-refractivity contribution in [2.45, 2.75) is 39.5 Å². The van der Waals surface area contributed by atoms with E-state index < -0.39 is 0 Å². The first-order valence-corrected chi connectivity index (χ1v) is 4.28. The van der Waals surface area contributed by atoms with Crippen molar-refractivity contribution >= 4 is 11.6 Å². The first-order chi connectivity index (χ1) is 5.57. The maximum absolute atomic E-state index is 11.2. The fourth-order valence-corrected chi connectivity index (χ4v) is 0.913. The molecule has 2 heteroatoms. The lowest BCUT2D eigenvalue weighted by atomic mass is 10.0. The summed E-state index contributed by atoms with van der Waals surface area (Å²) in [5.74, 6) is 0.0388. The number of carbonyl (C=O) groups excluding carboxylic acids is 2. The van der Waals surface area contributed by atoms with E-state index in [2.05, 4.69) is 6.58 Å². The molecule has 0 spiro atoms. The Balaban J connectivity index is 3.77. The lowest BCUT2D eigenvalue weighted by Crippen LogP contribution is -2.04. The van der Waals surface area contributed by atoms with Crippen LogP contribution in [0.3, 0.4) is 0 Å². The highest BCUT2D eigenvalue weighted by Gasteiger charge is 2.07. The zero-order valence-corrected chi connectivity index (χ0v) is 7.85. The lowest BCUT2D eigenvalue weighted by Gasteiger charge is -2.00. The van der Waals surface area contributed by atoms with Gasteiger partial charge in [-0.1, -0.05) is 19.9 Å². The number of hydrogen-bond donors (Lipinski definition) is 0. The Morgan fingerprint density at radius 1 is 1.33 bits per heavy atom. The zero-order chi connectivity index (χ0) is 9.56. The number of hydrogen-bond acceptors (Lipinski definition) is 2. The average molecular weight is 168 g/mol. The Morgan fingerprint density at radius 3 is 2.33 bits per heavy atom. The summed E-state index contributed by atoms with van der Waals surface area (Å²) in [6.07, 6.45) is 2.63. The van der Waals surface area contributed by atoms with Gasteiger partial charge in [-0.15, -0.1) is 0 Å². The minimum absolute atomic E-state index is 0.00449. The predicted molar refractivity (Wildman–Crippen MR) is 49.0 cm³/mol. The molecule has 2 nitrogen and oxygen atoms in total. The SMILES string of the molecule is C=C(CC(C)=O)C(=O)CCCC. The molecule has 68 valence electrons. The predicted octanol–water partition coefficient (Wildman–Crippen LogP) is 2.28. The van der Waals surface area contributed by atoms with E-state index in [1.54, 1.807) is 0 Å². The fraction of sp³-hybridized carbons (Fsp3) is 0.600. The van der Waals surface area contributed by atoms with Gasteiger partial charge in [0, 0.05) is 12.8 Å². The van der Waals surface area contributed by atoms with Crippen molar-refractivity contribution in [2.24, 2.45) is 0 Å². The van der Waals surface area contributed by atoms with Crippen LogP contribution in [0.2, 0.25) is 0 Å². The van der Waals surface area contributed by atoms with Crippen molar-refractivity contribution in [1.29, 1.82) is 0 Å². The first-order valence-electron chi connectivity index (χ1n) is 4.28. The second-order valence-electron chi connectivity index (χ2n) is 3.01. The molecule has 0 rings (SSSR count). The Hall–Kier alpha value is -0.920. The molecule has 0 bridgehead atoms. The molecule has 0 radical (unpaired) electrons. The highest BCUT2D eigenvalue weighted by atomic mass is 16.1. The largest absolute Gasteiger partial charge is 0.300 e. The summed E-state index contributed by atoms with van der Waals surface area (Å²) in [5, 5.41) is 0. The van der Waals surface area contributed by atoms with Crippen LogP contribution in [-0.4, -0.2) is 11.6 Å². The van der Waals surface area contributed by atoms with E-state index in [4.69, 9.17) is 0 Å². The topological polar surface area (TPSA) is 34.1 Å². The third-order valence-electron chi connectivity index (χ3n) is 1.61. The molecular weight excluding hydrogens is 152 g/mol. The summed E-state index contributed by atoms with van der Waals surface area (Å²) >= 11 is 0. The summed E-state index contributed by atoms with van der Waals surface area (Å²) in [5.41, 5.74) is 0.455. The molecule has 0 N–H and O–H groups in total. The number of carbonyl (C=O) groups is 2. The number of allylic oxidation sites excluding steroid dienone is 1. The summed E-state index contributed by atoms with van der Waals surface area (Å²) in [7, 11) is 0. The third-order valence-corrected chi connectivity index (χ3v) is 1.61. The average Bonchev–Trinajstić information content (AvgIpc) is 1.98. The Labute approximate surface area is 73.7 Å². The van der Waals surface area contributed by atoms with Gasteiger partial charge in [-0.2, -0.15) is 0 Å². The summed E-state index contributed by atoms with van der Waals surface area (Å²) in [6.45, 7) is 7.08. The van der Waals surface area contributed by atoms with Crippen LogP contribution in [0.1, 0.15) is 39.5 Å². The van der Waals surface area contributed by atoms with Gasteiger partial charge >= 0.3 is 0 Å². The van der Waals surface area contributed by atoms with Gasteiger partial charge in [-0.25, -0.2) is 0 Å². The molecule has 0 heterocycles. The van der Waals surface area contributed by atoms with Crippen LogP contribution in [0.25, 0.3) is 0 Å². The zero-order valence-electron chi connectivity index (χ0n) is 7.85. The van der Waals surface area contributed by atoms with Crippen molar-refractivity contribution in [3.05, 3.63) is 12.2 Å². The maximum Gasteiger partial charge on any atom is 0.158 e. The fourth-order valence-electron chi connectivity index (χ4n) is 0.913. The number of ketones is 2. The number of Topliss-reactive ketones (excluding diaryl/α,β-unsaturated/α-hetero) is 2. The molecule has 0 atom stereocenters. The minimum atomic E-state index is 0.00449. The smallest absolute Gasteiger partial charge is 0.158 e. The molecule has 0 aliphatic rings. The summed E-state index contributed by atoms with van der Waals surface area (Å²) in [4.78, 5) is 21.8. The molecule has 0 aliphatic heterocycles. The van der Waals surface area contributed by atoms with Gasteiger partial charge < -0.3 is 0 Å². The van der Waals surface area contributed by atoms with E-state index in [1.165, 1.54) is 6.92 Å². The van der Waals surface area contributed by atoms with E-state index in [9.17, 15) is 9.59 Å². The van der Waals surface area contributed by atoms with Crippen molar-refractivity contribution in [3.8, 4) is 0 Å². The van der Waals surface area contributed by atoms with Crippen LogP contribution in [0.5, 0.6) is 0 Å². The quantitative estimate of drug-likeness (QED) is 0.570. The number of rotatable bonds is 6. The molecule has 0 aromatic carbocycles. The van der Waals surface area contributed by atoms with Crippen LogP contribution < -0.4 is 0 Å². The normalized spacial score (nSPS) is 9.50. The highest BCUT2D eigenvalue weighted by Crippen LogP contribution is 2.06. The molecule has 0 aromatic heterocycles. The van der Waals surface area contributed by atoms with Crippen LogP contribution in [-0.2, 0) is 9.59 Å². The standard InChI is InChI=1S/C10H16O2/c1-4-5-6-10(12)8(2)7-9(3)11/h2,4-7H2,1,3H3. The maximum atomic E-state index is 11.2. The first kappa shape index (κ1) is 11.1. The van der Waals surface area contributed by atoms with Crippen molar-refractivity contribution in [1.82, 2.24) is 0 Å². The Kier molecular flexibility index (Phi) is 5.26. The van der Waals surface area contributed by atoms with Crippen LogP contribution in [0.4, 0.5) is 0 Å². The van der Waals surface area contributed by atoms with Crippen molar-refractivity contribution < 1.29 is 9.59 Å². The summed E-state index contributed by atoms with van der Waals surface area (Å²) < 4.78 is 0. The molecule has 0 fully saturated rings. The van der Waals surface area contributed by atoms with E-state index in [0.29, 0.717) is 12.0 Å². The Morgan fingerprint density at radius 2 is 1.92 bits per heavy atom. The van der Waals surface area contributed by atoms with Crippen molar-refractivity contribution in [3.63, 3.8) is 0 Å². The molecule has 0 unspecified atom stereocenters. The van der Waals surface area contributed by atoms with Gasteiger partial charge in [0.25, 0.3) is 0 Å². The summed E-state index contributed by atoms with van der Waals surface area (Å²) in [6, 6.07) is 0. The second-order valence-corrected chi connectivity index (χ2v) is 3.01. The third kappa shape index (κ3) is 4.83.